The Balaban J connectivity index is 1.22. The number of aromatic nitrogens is 2. The molecule has 1 atom stereocenters. The van der Waals surface area contributed by atoms with Crippen LogP contribution in [0.4, 0.5) is 0 Å². The molecule has 1 aliphatic rings. The number of rotatable bonds is 14. The normalized spacial score (nSPS) is 13.8. The molecular formula is C39H47N5O3S. The van der Waals surface area contributed by atoms with E-state index in [4.69, 9.17) is 10.1 Å². The second-order valence-corrected chi connectivity index (χ2v) is 14.6. The van der Waals surface area contributed by atoms with Crippen molar-refractivity contribution in [1.82, 2.24) is 20.2 Å². The Kier molecular flexibility index (Phi) is 11.8. The quantitative estimate of drug-likeness (QED) is 0.132. The van der Waals surface area contributed by atoms with Crippen molar-refractivity contribution in [3.8, 4) is 28.3 Å². The van der Waals surface area contributed by atoms with Crippen LogP contribution in [0.5, 0.6) is 5.75 Å². The van der Waals surface area contributed by atoms with Crippen LogP contribution >= 0.6 is 11.3 Å². The van der Waals surface area contributed by atoms with Crippen molar-refractivity contribution in [2.45, 2.75) is 84.1 Å². The molecule has 0 aliphatic carbocycles. The van der Waals surface area contributed by atoms with Gasteiger partial charge in [0, 0.05) is 53.5 Å². The lowest BCUT2D eigenvalue weighted by molar-refractivity contribution is -0.131. The van der Waals surface area contributed by atoms with E-state index >= 15 is 0 Å². The second-order valence-electron chi connectivity index (χ2n) is 13.5. The zero-order chi connectivity index (χ0) is 34.1. The number of benzene rings is 2. The topological polar surface area (TPSA) is 108 Å². The first kappa shape index (κ1) is 35.0. The lowest BCUT2D eigenvalue weighted by Gasteiger charge is -2.24. The number of likely N-dealkylation sites (tertiary alicyclic amines) is 1. The van der Waals surface area contributed by atoms with Crippen LogP contribution in [-0.2, 0) is 16.6 Å². The van der Waals surface area contributed by atoms with Crippen molar-refractivity contribution in [3.63, 3.8) is 0 Å². The molecule has 3 heterocycles. The number of amides is 2. The van der Waals surface area contributed by atoms with Gasteiger partial charge in [-0.1, -0.05) is 89.8 Å². The van der Waals surface area contributed by atoms with Crippen LogP contribution in [0, 0.1) is 5.41 Å². The summed E-state index contributed by atoms with van der Waals surface area (Å²) in [5.74, 6) is 1.06. The Labute approximate surface area is 288 Å². The molecule has 2 aromatic carbocycles. The van der Waals surface area contributed by atoms with Gasteiger partial charge in [0.1, 0.15) is 11.8 Å². The van der Waals surface area contributed by atoms with Crippen LogP contribution in [0.2, 0.25) is 0 Å². The van der Waals surface area contributed by atoms with Gasteiger partial charge in [-0.2, -0.15) is 0 Å². The molecule has 0 bridgehead atoms. The SMILES string of the molecule is CCCCCCCOc1ccc(-c2cnc(-c3ccc(C[C@H](NC(=O)c4ccc(C(C)(C)C)s4)C(=O)N4CCC(=N)C4)cc3)nc2)cc1. The average Bonchev–Trinajstić information content (AvgIpc) is 3.77. The monoisotopic (exact) mass is 665 g/mol. The molecule has 48 heavy (non-hydrogen) atoms. The third-order valence-corrected chi connectivity index (χ3v) is 10.1. The van der Waals surface area contributed by atoms with Crippen LogP contribution in [0.1, 0.15) is 86.3 Å². The summed E-state index contributed by atoms with van der Waals surface area (Å²) in [5.41, 5.74) is 4.19. The minimum absolute atomic E-state index is 0.0617. The van der Waals surface area contributed by atoms with Gasteiger partial charge in [-0.15, -0.1) is 11.3 Å². The highest BCUT2D eigenvalue weighted by Crippen LogP contribution is 2.30. The smallest absolute Gasteiger partial charge is 0.262 e. The van der Waals surface area contributed by atoms with Crippen LogP contribution in [0.3, 0.4) is 0 Å². The number of nitrogens with one attached hydrogen (secondary N) is 2. The van der Waals surface area contributed by atoms with Crippen molar-refractivity contribution >= 4 is 28.9 Å². The number of hydrogen-bond donors (Lipinski definition) is 2. The van der Waals surface area contributed by atoms with E-state index < -0.39 is 6.04 Å². The van der Waals surface area contributed by atoms with E-state index in [0.29, 0.717) is 42.3 Å². The van der Waals surface area contributed by atoms with E-state index in [0.717, 1.165) is 45.9 Å². The zero-order valence-electron chi connectivity index (χ0n) is 28.6. The summed E-state index contributed by atoms with van der Waals surface area (Å²) >= 11 is 1.45. The summed E-state index contributed by atoms with van der Waals surface area (Å²) in [6, 6.07) is 18.9. The molecule has 252 valence electrons. The van der Waals surface area contributed by atoms with Gasteiger partial charge in [0.25, 0.3) is 5.91 Å². The van der Waals surface area contributed by atoms with Gasteiger partial charge in [0.15, 0.2) is 5.82 Å². The van der Waals surface area contributed by atoms with E-state index in [1.54, 1.807) is 4.90 Å². The van der Waals surface area contributed by atoms with Gasteiger partial charge in [0.05, 0.1) is 18.0 Å². The molecule has 1 saturated heterocycles. The van der Waals surface area contributed by atoms with Gasteiger partial charge in [0.2, 0.25) is 5.91 Å². The summed E-state index contributed by atoms with van der Waals surface area (Å²) < 4.78 is 5.90. The molecule has 1 aliphatic heterocycles. The Bertz CT molecular complexity index is 1670. The van der Waals surface area contributed by atoms with Gasteiger partial charge in [-0.05, 0) is 47.2 Å². The molecule has 0 unspecified atom stereocenters. The van der Waals surface area contributed by atoms with Crippen molar-refractivity contribution in [1.29, 1.82) is 5.41 Å². The first-order valence-corrected chi connectivity index (χ1v) is 17.8. The number of ether oxygens (including phenoxy) is 1. The second kappa shape index (κ2) is 16.2. The Hall–Kier alpha value is -4.37. The predicted molar refractivity (Wildman–Crippen MR) is 194 cm³/mol. The Morgan fingerprint density at radius 2 is 1.60 bits per heavy atom. The van der Waals surface area contributed by atoms with E-state index in [1.807, 2.05) is 73.1 Å². The van der Waals surface area contributed by atoms with Crippen LogP contribution < -0.4 is 10.1 Å². The fraction of sp³-hybridized carbons (Fsp3) is 0.410. The van der Waals surface area contributed by atoms with Crippen molar-refractivity contribution in [3.05, 3.63) is 88.4 Å². The van der Waals surface area contributed by atoms with Crippen LogP contribution in [-0.4, -0.2) is 58.1 Å². The first-order valence-electron chi connectivity index (χ1n) is 17.0. The van der Waals surface area contributed by atoms with Crippen LogP contribution in [0.25, 0.3) is 22.5 Å². The maximum atomic E-state index is 13.6. The number of nitrogens with zero attached hydrogens (tertiary/aromatic N) is 3. The summed E-state index contributed by atoms with van der Waals surface area (Å²) in [5, 5.41) is 11.0. The molecule has 0 spiro atoms. The molecule has 8 nitrogen and oxygen atoms in total. The number of unbranched alkanes of at least 4 members (excludes halogenated alkanes) is 4. The van der Waals surface area contributed by atoms with Gasteiger partial charge in [-0.3, -0.25) is 9.59 Å². The summed E-state index contributed by atoms with van der Waals surface area (Å²) in [7, 11) is 0. The van der Waals surface area contributed by atoms with E-state index in [1.165, 1.54) is 37.0 Å². The maximum Gasteiger partial charge on any atom is 0.262 e. The van der Waals surface area contributed by atoms with Crippen molar-refractivity contribution in [2.75, 3.05) is 19.7 Å². The number of hydrogen-bond acceptors (Lipinski definition) is 7. The first-order chi connectivity index (χ1) is 23.1. The maximum absolute atomic E-state index is 13.6. The van der Waals surface area contributed by atoms with E-state index in [-0.39, 0.29) is 17.2 Å². The standard InChI is InChI=1S/C39H47N5O3S/c1-5-6-7-8-9-22-47-32-16-14-28(15-17-32)30-24-41-36(42-25-30)29-12-10-27(11-13-29)23-33(38(46)44-21-20-31(40)26-44)43-37(45)34-18-19-35(48-34)39(2,3)4/h10-19,24-25,33,40H,5-9,20-23,26H2,1-4H3,(H,43,45)/t33-/m0/s1. The van der Waals surface area contributed by atoms with Gasteiger partial charge < -0.3 is 20.4 Å². The Morgan fingerprint density at radius 3 is 2.23 bits per heavy atom. The molecule has 0 saturated carbocycles. The lowest BCUT2D eigenvalue weighted by Crippen LogP contribution is -2.49. The molecule has 0 radical (unpaired) electrons. The molecule has 9 heteroatoms. The third-order valence-electron chi connectivity index (χ3n) is 8.56. The molecule has 2 aromatic heterocycles. The molecule has 2 N–H and O–H groups in total. The summed E-state index contributed by atoms with van der Waals surface area (Å²) in [4.78, 5) is 39.5. The zero-order valence-corrected chi connectivity index (χ0v) is 29.4. The highest BCUT2D eigenvalue weighted by Gasteiger charge is 2.30. The minimum Gasteiger partial charge on any atom is -0.494 e. The third kappa shape index (κ3) is 9.37. The number of carbonyl (C=O) groups excluding carboxylic acids is 2. The lowest BCUT2D eigenvalue weighted by atomic mass is 9.95. The van der Waals surface area contributed by atoms with Gasteiger partial charge in [-0.25, -0.2) is 9.97 Å². The predicted octanol–water partition coefficient (Wildman–Crippen LogP) is 8.11. The van der Waals surface area contributed by atoms with E-state index in [9.17, 15) is 9.59 Å². The highest BCUT2D eigenvalue weighted by atomic mass is 32.1. The summed E-state index contributed by atoms with van der Waals surface area (Å²) in [6.45, 7) is 10.1. The Morgan fingerprint density at radius 1 is 0.917 bits per heavy atom. The minimum atomic E-state index is -0.743. The van der Waals surface area contributed by atoms with E-state index in [2.05, 4.69) is 43.0 Å². The summed E-state index contributed by atoms with van der Waals surface area (Å²) in [6.07, 6.45) is 10.6. The highest BCUT2D eigenvalue weighted by molar-refractivity contribution is 7.14. The van der Waals surface area contributed by atoms with Gasteiger partial charge >= 0.3 is 0 Å². The van der Waals surface area contributed by atoms with Crippen molar-refractivity contribution in [2.24, 2.45) is 0 Å². The molecule has 4 aromatic rings. The van der Waals surface area contributed by atoms with Crippen molar-refractivity contribution < 1.29 is 14.3 Å². The molecule has 2 amide bonds. The fourth-order valence-electron chi connectivity index (χ4n) is 5.65. The molecule has 1 fully saturated rings. The largest absolute Gasteiger partial charge is 0.494 e. The molecule has 5 rings (SSSR count). The fourth-order valence-corrected chi connectivity index (χ4v) is 6.62. The average molecular weight is 666 g/mol. The number of carbonyl (C=O) groups is 2. The molecular weight excluding hydrogens is 619 g/mol. The number of thiophene rings is 1. The van der Waals surface area contributed by atoms with Crippen LogP contribution in [0.15, 0.2) is 73.1 Å².